The molecule has 0 spiro atoms. The van der Waals surface area contributed by atoms with Crippen LogP contribution in [0, 0.1) is 10.1 Å². The Bertz CT molecular complexity index is 497. The normalized spacial score (nSPS) is 10.4. The highest BCUT2D eigenvalue weighted by Crippen LogP contribution is 2.32. The Hall–Kier alpha value is -2.57. The number of para-hydroxylation sites is 1. The number of benzene rings is 1. The predicted molar refractivity (Wildman–Crippen MR) is 66.8 cm³/mol. The standard InChI is InChI=1S/C12H13NO6/c1-2-18-10-5-3-4-9(6-7-13(16)17)12(10)19-8-11(14)15/h3-7H,2,8H2,1H3,(H,14,15)/b7-6-. The van der Waals surface area contributed by atoms with Gasteiger partial charge in [0.1, 0.15) is 0 Å². The van der Waals surface area contributed by atoms with Crippen LogP contribution in [-0.2, 0) is 4.79 Å². The van der Waals surface area contributed by atoms with Crippen molar-refractivity contribution in [3.8, 4) is 11.5 Å². The zero-order valence-corrected chi connectivity index (χ0v) is 10.2. The minimum Gasteiger partial charge on any atom is -0.490 e. The van der Waals surface area contributed by atoms with Crippen molar-refractivity contribution in [1.82, 2.24) is 0 Å². The second-order valence-corrected chi connectivity index (χ2v) is 3.39. The average Bonchev–Trinajstić information content (AvgIpc) is 2.35. The number of carbonyl (C=O) groups is 1. The van der Waals surface area contributed by atoms with E-state index in [9.17, 15) is 14.9 Å². The Kier molecular flexibility index (Phi) is 5.34. The van der Waals surface area contributed by atoms with Crippen molar-refractivity contribution in [3.05, 3.63) is 40.1 Å². The van der Waals surface area contributed by atoms with Crippen LogP contribution in [0.25, 0.3) is 6.08 Å². The lowest BCUT2D eigenvalue weighted by atomic mass is 10.2. The summed E-state index contributed by atoms with van der Waals surface area (Å²) in [5.74, 6) is -0.630. The number of carboxylic acid groups (broad SMARTS) is 1. The lowest BCUT2D eigenvalue weighted by molar-refractivity contribution is -0.400. The van der Waals surface area contributed by atoms with Gasteiger partial charge in [-0.05, 0) is 13.0 Å². The van der Waals surface area contributed by atoms with Gasteiger partial charge in [0.05, 0.1) is 11.5 Å². The molecule has 0 fully saturated rings. The topological polar surface area (TPSA) is 98.9 Å². The van der Waals surface area contributed by atoms with E-state index in [-0.39, 0.29) is 5.75 Å². The number of rotatable bonds is 7. The van der Waals surface area contributed by atoms with Crippen LogP contribution in [0.15, 0.2) is 24.4 Å². The Morgan fingerprint density at radius 1 is 1.47 bits per heavy atom. The van der Waals surface area contributed by atoms with E-state index in [1.807, 2.05) is 0 Å². The van der Waals surface area contributed by atoms with Crippen LogP contribution in [0.1, 0.15) is 12.5 Å². The van der Waals surface area contributed by atoms with E-state index in [2.05, 4.69) is 0 Å². The molecule has 7 nitrogen and oxygen atoms in total. The molecule has 102 valence electrons. The lowest BCUT2D eigenvalue weighted by Gasteiger charge is -2.12. The van der Waals surface area contributed by atoms with Gasteiger partial charge >= 0.3 is 5.97 Å². The van der Waals surface area contributed by atoms with Gasteiger partial charge in [-0.15, -0.1) is 0 Å². The third-order valence-electron chi connectivity index (χ3n) is 2.02. The van der Waals surface area contributed by atoms with Gasteiger partial charge in [-0.2, -0.15) is 0 Å². The van der Waals surface area contributed by atoms with E-state index in [1.165, 1.54) is 6.08 Å². The summed E-state index contributed by atoms with van der Waals surface area (Å²) >= 11 is 0. The highest BCUT2D eigenvalue weighted by Gasteiger charge is 2.11. The van der Waals surface area contributed by atoms with Crippen LogP contribution >= 0.6 is 0 Å². The van der Waals surface area contributed by atoms with Gasteiger partial charge in [-0.1, -0.05) is 12.1 Å². The Labute approximate surface area is 109 Å². The summed E-state index contributed by atoms with van der Waals surface area (Å²) in [7, 11) is 0. The second-order valence-electron chi connectivity index (χ2n) is 3.39. The monoisotopic (exact) mass is 267 g/mol. The van der Waals surface area contributed by atoms with E-state index in [0.29, 0.717) is 17.9 Å². The molecule has 0 saturated heterocycles. The Balaban J connectivity index is 3.09. The van der Waals surface area contributed by atoms with E-state index in [0.717, 1.165) is 6.20 Å². The van der Waals surface area contributed by atoms with E-state index >= 15 is 0 Å². The molecule has 1 aromatic rings. The molecule has 0 unspecified atom stereocenters. The summed E-state index contributed by atoms with van der Waals surface area (Å²) in [4.78, 5) is 20.2. The van der Waals surface area contributed by atoms with Crippen molar-refractivity contribution >= 4 is 12.0 Å². The largest absolute Gasteiger partial charge is 0.490 e. The molecule has 0 aliphatic heterocycles. The van der Waals surface area contributed by atoms with Gasteiger partial charge in [0, 0.05) is 11.6 Å². The lowest BCUT2D eigenvalue weighted by Crippen LogP contribution is -2.11. The summed E-state index contributed by atoms with van der Waals surface area (Å²) in [6.07, 6.45) is 1.97. The minimum atomic E-state index is -1.14. The summed E-state index contributed by atoms with van der Waals surface area (Å²) < 4.78 is 10.4. The van der Waals surface area contributed by atoms with E-state index < -0.39 is 17.5 Å². The molecule has 1 N–H and O–H groups in total. The first-order valence-electron chi connectivity index (χ1n) is 5.46. The first kappa shape index (κ1) is 14.5. The van der Waals surface area contributed by atoms with Crippen LogP contribution in [0.2, 0.25) is 0 Å². The molecule has 0 aliphatic rings. The predicted octanol–water partition coefficient (Wildman–Crippen LogP) is 1.80. The van der Waals surface area contributed by atoms with Crippen LogP contribution in [0.5, 0.6) is 11.5 Å². The van der Waals surface area contributed by atoms with Crippen molar-refractivity contribution in [2.24, 2.45) is 0 Å². The van der Waals surface area contributed by atoms with Gasteiger partial charge in [0.15, 0.2) is 18.1 Å². The molecule has 0 aliphatic carbocycles. The molecule has 0 bridgehead atoms. The SMILES string of the molecule is CCOc1cccc(/C=C\[N+](=O)[O-])c1OCC(=O)O. The van der Waals surface area contributed by atoms with E-state index in [4.69, 9.17) is 14.6 Å². The summed E-state index contributed by atoms with van der Waals surface area (Å²) in [6, 6.07) is 4.81. The maximum atomic E-state index is 10.5. The van der Waals surface area contributed by atoms with E-state index in [1.54, 1.807) is 25.1 Å². The van der Waals surface area contributed by atoms with Gasteiger partial charge in [0.2, 0.25) is 6.20 Å². The number of ether oxygens (including phenoxy) is 2. The summed E-state index contributed by atoms with van der Waals surface area (Å²) in [5.41, 5.74) is 0.379. The smallest absolute Gasteiger partial charge is 0.341 e. The van der Waals surface area contributed by atoms with Crippen LogP contribution in [0.4, 0.5) is 0 Å². The molecule has 0 saturated carbocycles. The zero-order chi connectivity index (χ0) is 14.3. The first-order chi connectivity index (χ1) is 9.04. The molecule has 0 heterocycles. The molecule has 0 aromatic heterocycles. The molecule has 0 radical (unpaired) electrons. The van der Waals surface area contributed by atoms with Crippen molar-refractivity contribution in [2.75, 3.05) is 13.2 Å². The van der Waals surface area contributed by atoms with Gasteiger partial charge in [-0.25, -0.2) is 4.79 Å². The molecule has 0 atom stereocenters. The van der Waals surface area contributed by atoms with Gasteiger partial charge in [-0.3, -0.25) is 10.1 Å². The molecule has 0 amide bonds. The van der Waals surface area contributed by atoms with Crippen molar-refractivity contribution < 1.29 is 24.3 Å². The number of hydrogen-bond donors (Lipinski definition) is 1. The fourth-order valence-corrected chi connectivity index (χ4v) is 1.36. The fraction of sp³-hybridized carbons (Fsp3) is 0.250. The number of aliphatic carboxylic acids is 1. The van der Waals surface area contributed by atoms with Crippen LogP contribution in [-0.4, -0.2) is 29.2 Å². The third-order valence-corrected chi connectivity index (χ3v) is 2.02. The van der Waals surface area contributed by atoms with Crippen molar-refractivity contribution in [2.45, 2.75) is 6.92 Å². The molecule has 19 heavy (non-hydrogen) atoms. The molecular weight excluding hydrogens is 254 g/mol. The van der Waals surface area contributed by atoms with Crippen molar-refractivity contribution in [1.29, 1.82) is 0 Å². The summed E-state index contributed by atoms with van der Waals surface area (Å²) in [5, 5.41) is 18.9. The first-order valence-corrected chi connectivity index (χ1v) is 5.46. The minimum absolute atomic E-state index is 0.171. The highest BCUT2D eigenvalue weighted by molar-refractivity contribution is 5.69. The zero-order valence-electron chi connectivity index (χ0n) is 10.2. The maximum absolute atomic E-state index is 10.5. The van der Waals surface area contributed by atoms with Gasteiger partial charge < -0.3 is 14.6 Å². The van der Waals surface area contributed by atoms with Gasteiger partial charge in [0.25, 0.3) is 0 Å². The molecule has 1 aromatic carbocycles. The number of hydrogen-bond acceptors (Lipinski definition) is 5. The summed E-state index contributed by atoms with van der Waals surface area (Å²) in [6.45, 7) is 1.58. The average molecular weight is 267 g/mol. The van der Waals surface area contributed by atoms with Crippen LogP contribution in [0.3, 0.4) is 0 Å². The number of nitro groups is 1. The molecule has 7 heteroatoms. The maximum Gasteiger partial charge on any atom is 0.341 e. The Morgan fingerprint density at radius 2 is 2.21 bits per heavy atom. The number of nitrogens with zero attached hydrogens (tertiary/aromatic N) is 1. The Morgan fingerprint density at radius 3 is 2.79 bits per heavy atom. The quantitative estimate of drug-likeness (QED) is 0.597. The molecule has 1 rings (SSSR count). The van der Waals surface area contributed by atoms with Crippen LogP contribution < -0.4 is 9.47 Å². The third kappa shape index (κ3) is 4.66. The second kappa shape index (κ2) is 7.00. The molecular formula is C12H13NO6. The highest BCUT2D eigenvalue weighted by atomic mass is 16.6. The van der Waals surface area contributed by atoms with Crippen molar-refractivity contribution in [3.63, 3.8) is 0 Å². The number of carboxylic acids is 1. The fourth-order valence-electron chi connectivity index (χ4n) is 1.36.